The Bertz CT molecular complexity index is 694. The standard InChI is InChI=1S/C17H19N5/c1-2-7-14(8-3-1)19-17-18-12-22(21-17)16-11-10-13-6-4-5-9-15(13)20-16/h4-6,9,12-15H,1-3,7-8H2,(H,19,21). The molecule has 5 heteroatoms. The van der Waals surface area contributed by atoms with E-state index < -0.39 is 0 Å². The van der Waals surface area contributed by atoms with Gasteiger partial charge in [0.15, 0.2) is 0 Å². The van der Waals surface area contributed by atoms with E-state index in [0.717, 1.165) is 0 Å². The van der Waals surface area contributed by atoms with Gasteiger partial charge >= 0.3 is 0 Å². The van der Waals surface area contributed by atoms with E-state index in [1.807, 2.05) is 12.2 Å². The molecule has 1 aliphatic heterocycles. The van der Waals surface area contributed by atoms with Crippen LogP contribution in [0, 0.1) is 17.8 Å². The molecule has 1 saturated carbocycles. The number of rotatable bonds is 2. The number of allylic oxidation sites excluding steroid dienone is 2. The quantitative estimate of drug-likeness (QED) is 0.852. The molecule has 0 saturated heterocycles. The average molecular weight is 293 g/mol. The Kier molecular flexibility index (Phi) is 3.51. The number of aliphatic imine (C=N–C) groups is 1. The van der Waals surface area contributed by atoms with Gasteiger partial charge in [-0.05, 0) is 18.8 Å². The monoisotopic (exact) mass is 293 g/mol. The van der Waals surface area contributed by atoms with Crippen LogP contribution in [0.1, 0.15) is 32.1 Å². The third kappa shape index (κ3) is 2.69. The van der Waals surface area contributed by atoms with Crippen LogP contribution in [-0.4, -0.2) is 32.7 Å². The van der Waals surface area contributed by atoms with Gasteiger partial charge in [-0.2, -0.15) is 4.68 Å². The number of hydrogen-bond donors (Lipinski definition) is 1. The summed E-state index contributed by atoms with van der Waals surface area (Å²) in [5.74, 6) is 7.87. The van der Waals surface area contributed by atoms with Crippen molar-refractivity contribution in [3.63, 3.8) is 0 Å². The normalized spacial score (nSPS) is 26.8. The van der Waals surface area contributed by atoms with Crippen molar-refractivity contribution in [1.29, 1.82) is 0 Å². The van der Waals surface area contributed by atoms with Gasteiger partial charge in [0.1, 0.15) is 6.33 Å². The summed E-state index contributed by atoms with van der Waals surface area (Å²) in [4.78, 5) is 9.02. The second-order valence-corrected chi connectivity index (χ2v) is 6.00. The Balaban J connectivity index is 1.49. The van der Waals surface area contributed by atoms with E-state index in [1.54, 1.807) is 11.0 Å². The molecule has 0 radical (unpaired) electrons. The highest BCUT2D eigenvalue weighted by atomic mass is 15.4. The van der Waals surface area contributed by atoms with E-state index >= 15 is 0 Å². The lowest BCUT2D eigenvalue weighted by Crippen LogP contribution is -2.25. The van der Waals surface area contributed by atoms with Gasteiger partial charge in [0, 0.05) is 6.04 Å². The lowest BCUT2D eigenvalue weighted by molar-refractivity contribution is 0.461. The second-order valence-electron chi connectivity index (χ2n) is 6.00. The van der Waals surface area contributed by atoms with Crippen LogP contribution in [0.4, 0.5) is 5.95 Å². The van der Waals surface area contributed by atoms with Crippen molar-refractivity contribution in [3.8, 4) is 11.8 Å². The summed E-state index contributed by atoms with van der Waals surface area (Å²) in [6.07, 6.45) is 16.3. The molecule has 0 spiro atoms. The van der Waals surface area contributed by atoms with Crippen molar-refractivity contribution in [1.82, 2.24) is 14.8 Å². The molecular weight excluding hydrogens is 274 g/mol. The molecule has 2 aliphatic carbocycles. The van der Waals surface area contributed by atoms with Crippen LogP contribution in [0.5, 0.6) is 0 Å². The third-order valence-electron chi connectivity index (χ3n) is 4.38. The molecule has 5 nitrogen and oxygen atoms in total. The Morgan fingerprint density at radius 2 is 2.00 bits per heavy atom. The molecule has 3 aliphatic rings. The van der Waals surface area contributed by atoms with Gasteiger partial charge in [0.05, 0.1) is 12.0 Å². The molecule has 2 atom stereocenters. The average Bonchev–Trinajstić information content (AvgIpc) is 3.04. The number of aromatic nitrogens is 3. The van der Waals surface area contributed by atoms with E-state index in [0.29, 0.717) is 17.8 Å². The van der Waals surface area contributed by atoms with Gasteiger partial charge in [-0.3, -0.25) is 0 Å². The van der Waals surface area contributed by atoms with Crippen LogP contribution in [0.15, 0.2) is 35.6 Å². The molecule has 1 N–H and O–H groups in total. The first kappa shape index (κ1) is 13.3. The molecule has 112 valence electrons. The minimum Gasteiger partial charge on any atom is -0.350 e. The van der Waals surface area contributed by atoms with Gasteiger partial charge in [-0.1, -0.05) is 49.5 Å². The summed E-state index contributed by atoms with van der Waals surface area (Å²) < 4.78 is 1.68. The molecule has 22 heavy (non-hydrogen) atoms. The number of fused-ring (bicyclic) bond motifs is 1. The van der Waals surface area contributed by atoms with E-state index in [1.165, 1.54) is 32.1 Å². The molecule has 1 aromatic rings. The third-order valence-corrected chi connectivity index (χ3v) is 4.38. The van der Waals surface area contributed by atoms with Crippen molar-refractivity contribution >= 4 is 11.8 Å². The van der Waals surface area contributed by atoms with Crippen molar-refractivity contribution in [2.24, 2.45) is 10.9 Å². The number of nitrogens with one attached hydrogen (secondary N) is 1. The summed E-state index contributed by atoms with van der Waals surface area (Å²) in [6.45, 7) is 0. The maximum absolute atomic E-state index is 4.67. The van der Waals surface area contributed by atoms with Gasteiger partial charge in [0.2, 0.25) is 11.8 Å². The molecule has 0 aromatic carbocycles. The molecule has 2 unspecified atom stereocenters. The largest absolute Gasteiger partial charge is 0.350 e. The van der Waals surface area contributed by atoms with Crippen LogP contribution in [0.25, 0.3) is 0 Å². The van der Waals surface area contributed by atoms with Crippen LogP contribution in [0.2, 0.25) is 0 Å². The van der Waals surface area contributed by atoms with E-state index in [-0.39, 0.29) is 12.0 Å². The highest BCUT2D eigenvalue weighted by molar-refractivity contribution is 6.00. The summed E-state index contributed by atoms with van der Waals surface area (Å²) in [7, 11) is 0. The molecule has 1 aromatic heterocycles. The topological polar surface area (TPSA) is 55.1 Å². The highest BCUT2D eigenvalue weighted by Gasteiger charge is 2.21. The molecule has 0 bridgehead atoms. The zero-order chi connectivity index (χ0) is 14.8. The Morgan fingerprint density at radius 3 is 2.91 bits per heavy atom. The second kappa shape index (κ2) is 5.80. The van der Waals surface area contributed by atoms with Gasteiger partial charge in [-0.15, -0.1) is 5.10 Å². The maximum atomic E-state index is 4.67. The zero-order valence-electron chi connectivity index (χ0n) is 12.4. The summed E-state index contributed by atoms with van der Waals surface area (Å²) in [5, 5.41) is 7.91. The van der Waals surface area contributed by atoms with Gasteiger partial charge < -0.3 is 5.32 Å². The minimum atomic E-state index is 0.0974. The van der Waals surface area contributed by atoms with Gasteiger partial charge in [-0.25, -0.2) is 9.98 Å². The summed E-state index contributed by atoms with van der Waals surface area (Å²) in [6, 6.07) is 0.597. The molecule has 4 rings (SSSR count). The molecule has 1 fully saturated rings. The van der Waals surface area contributed by atoms with Crippen LogP contribution in [0.3, 0.4) is 0 Å². The van der Waals surface area contributed by atoms with Crippen molar-refractivity contribution < 1.29 is 0 Å². The first-order valence-corrected chi connectivity index (χ1v) is 8.01. The molecule has 0 amide bonds. The van der Waals surface area contributed by atoms with Gasteiger partial charge in [0.25, 0.3) is 0 Å². The fourth-order valence-electron chi connectivity index (χ4n) is 3.15. The smallest absolute Gasteiger partial charge is 0.242 e. The number of nitrogens with zero attached hydrogens (tertiary/aromatic N) is 4. The van der Waals surface area contributed by atoms with Crippen LogP contribution >= 0.6 is 0 Å². The molecular formula is C17H19N5. The highest BCUT2D eigenvalue weighted by Crippen LogP contribution is 2.20. The SMILES string of the molecule is C1#CC2C=CC=CC2N=C1n1cnc(NC2CCCCC2)n1. The van der Waals surface area contributed by atoms with Crippen molar-refractivity contribution in [2.45, 2.75) is 44.2 Å². The minimum absolute atomic E-state index is 0.0974. The Hall–Kier alpha value is -2.35. The zero-order valence-corrected chi connectivity index (χ0v) is 12.4. The van der Waals surface area contributed by atoms with Crippen molar-refractivity contribution in [2.75, 3.05) is 5.32 Å². The fraction of sp³-hybridized carbons (Fsp3) is 0.471. The lowest BCUT2D eigenvalue weighted by atomic mass is 9.95. The van der Waals surface area contributed by atoms with Crippen LogP contribution < -0.4 is 5.32 Å². The predicted molar refractivity (Wildman–Crippen MR) is 86.7 cm³/mol. The predicted octanol–water partition coefficient (Wildman–Crippen LogP) is 2.40. The van der Waals surface area contributed by atoms with E-state index in [9.17, 15) is 0 Å². The summed E-state index contributed by atoms with van der Waals surface area (Å²) >= 11 is 0. The van der Waals surface area contributed by atoms with Crippen LogP contribution in [-0.2, 0) is 0 Å². The maximum Gasteiger partial charge on any atom is 0.242 e. The summed E-state index contributed by atoms with van der Waals surface area (Å²) in [5.41, 5.74) is 0. The Morgan fingerprint density at radius 1 is 1.14 bits per heavy atom. The van der Waals surface area contributed by atoms with E-state index in [2.05, 4.69) is 44.4 Å². The molecule has 2 heterocycles. The fourth-order valence-corrected chi connectivity index (χ4v) is 3.15. The van der Waals surface area contributed by atoms with E-state index in [4.69, 9.17) is 0 Å². The first-order chi connectivity index (χ1) is 10.9. The lowest BCUT2D eigenvalue weighted by Gasteiger charge is -2.21. The van der Waals surface area contributed by atoms with Crippen molar-refractivity contribution in [3.05, 3.63) is 30.6 Å². The first-order valence-electron chi connectivity index (χ1n) is 8.01. The number of anilines is 1. The number of hydrogen-bond acceptors (Lipinski definition) is 4. The Labute approximate surface area is 130 Å².